The van der Waals surface area contributed by atoms with Crippen LogP contribution in [0.4, 0.5) is 0 Å². The van der Waals surface area contributed by atoms with Crippen LogP contribution in [0.5, 0.6) is 5.75 Å². The first-order chi connectivity index (χ1) is 10.1. The van der Waals surface area contributed by atoms with E-state index in [-0.39, 0.29) is 17.1 Å². The topological polar surface area (TPSA) is 108 Å². The van der Waals surface area contributed by atoms with Gasteiger partial charge in [-0.2, -0.15) is 0 Å². The number of oxime groups is 1. The Bertz CT molecular complexity index is 656. The van der Waals surface area contributed by atoms with Crippen LogP contribution >= 0.6 is 0 Å². The highest BCUT2D eigenvalue weighted by Gasteiger charge is 2.21. The summed E-state index contributed by atoms with van der Waals surface area (Å²) in [5, 5.41) is 24.1. The molecule has 1 unspecified atom stereocenters. The van der Waals surface area contributed by atoms with Crippen molar-refractivity contribution in [2.75, 3.05) is 0 Å². The number of para-hydroxylation sites is 1. The van der Waals surface area contributed by atoms with Crippen LogP contribution < -0.4 is 11.1 Å². The number of hydrogen-bond donors (Lipinski definition) is 4. The summed E-state index contributed by atoms with van der Waals surface area (Å²) in [4.78, 5) is 12.2. The average Bonchev–Trinajstić information content (AvgIpc) is 2.53. The Labute approximate surface area is 121 Å². The molecule has 1 amide bonds. The van der Waals surface area contributed by atoms with E-state index in [2.05, 4.69) is 10.5 Å². The van der Waals surface area contributed by atoms with E-state index in [1.807, 2.05) is 6.07 Å². The Kier molecular flexibility index (Phi) is 4.40. The van der Waals surface area contributed by atoms with E-state index in [9.17, 15) is 9.90 Å². The third kappa shape index (κ3) is 3.30. The fraction of sp³-hybridized carbons (Fsp3) is 0.0667. The highest BCUT2D eigenvalue weighted by atomic mass is 16.4. The molecule has 21 heavy (non-hydrogen) atoms. The summed E-state index contributed by atoms with van der Waals surface area (Å²) in [6, 6.07) is 14.2. The predicted octanol–water partition coefficient (Wildman–Crippen LogP) is 1.61. The number of nitrogens with two attached hydrogens (primary N) is 1. The molecule has 0 aliphatic rings. The van der Waals surface area contributed by atoms with Crippen LogP contribution in [0.3, 0.4) is 0 Å². The second-order valence-corrected chi connectivity index (χ2v) is 4.36. The Morgan fingerprint density at radius 3 is 2.33 bits per heavy atom. The van der Waals surface area contributed by atoms with E-state index >= 15 is 0 Å². The van der Waals surface area contributed by atoms with Gasteiger partial charge in [0.05, 0.1) is 5.56 Å². The van der Waals surface area contributed by atoms with Gasteiger partial charge in [0, 0.05) is 0 Å². The number of amidine groups is 1. The van der Waals surface area contributed by atoms with Crippen LogP contribution in [0.15, 0.2) is 59.8 Å². The number of aromatic hydroxyl groups is 1. The van der Waals surface area contributed by atoms with E-state index in [1.54, 1.807) is 36.4 Å². The first kappa shape index (κ1) is 14.4. The number of benzene rings is 2. The molecule has 6 heteroatoms. The largest absolute Gasteiger partial charge is 0.507 e. The van der Waals surface area contributed by atoms with E-state index < -0.39 is 11.9 Å². The maximum atomic E-state index is 12.2. The van der Waals surface area contributed by atoms with Gasteiger partial charge >= 0.3 is 0 Å². The van der Waals surface area contributed by atoms with Crippen molar-refractivity contribution in [3.8, 4) is 5.75 Å². The Morgan fingerprint density at radius 1 is 1.10 bits per heavy atom. The maximum Gasteiger partial charge on any atom is 0.255 e. The second kappa shape index (κ2) is 6.42. The third-order valence-electron chi connectivity index (χ3n) is 2.97. The molecule has 108 valence electrons. The fourth-order valence-electron chi connectivity index (χ4n) is 1.91. The molecular formula is C15H15N3O3. The normalized spacial score (nSPS) is 12.7. The summed E-state index contributed by atoms with van der Waals surface area (Å²) >= 11 is 0. The minimum Gasteiger partial charge on any atom is -0.507 e. The molecule has 2 aromatic carbocycles. The number of nitrogens with zero attached hydrogens (tertiary/aromatic N) is 1. The first-order valence-corrected chi connectivity index (χ1v) is 6.24. The zero-order chi connectivity index (χ0) is 15.2. The van der Waals surface area contributed by atoms with Crippen molar-refractivity contribution < 1.29 is 15.1 Å². The molecule has 0 aliphatic heterocycles. The van der Waals surface area contributed by atoms with Crippen LogP contribution in [-0.4, -0.2) is 22.1 Å². The minimum absolute atomic E-state index is 0.115. The molecule has 0 aliphatic carbocycles. The van der Waals surface area contributed by atoms with Gasteiger partial charge < -0.3 is 21.4 Å². The smallest absolute Gasteiger partial charge is 0.255 e. The molecular weight excluding hydrogens is 270 g/mol. The highest BCUT2D eigenvalue weighted by Crippen LogP contribution is 2.18. The van der Waals surface area contributed by atoms with E-state index in [4.69, 9.17) is 10.9 Å². The molecule has 0 saturated heterocycles. The molecule has 2 rings (SSSR count). The van der Waals surface area contributed by atoms with E-state index in [1.165, 1.54) is 12.1 Å². The number of nitrogens with one attached hydrogen (secondary N) is 1. The summed E-state index contributed by atoms with van der Waals surface area (Å²) in [6.45, 7) is 0. The lowest BCUT2D eigenvalue weighted by molar-refractivity contribution is 0.0943. The van der Waals surface area contributed by atoms with Crippen molar-refractivity contribution in [1.82, 2.24) is 5.32 Å². The third-order valence-corrected chi connectivity index (χ3v) is 2.97. The zero-order valence-electron chi connectivity index (χ0n) is 11.1. The number of carbonyl (C=O) groups excluding carboxylic acids is 1. The highest BCUT2D eigenvalue weighted by molar-refractivity contribution is 6.00. The number of hydrogen-bond acceptors (Lipinski definition) is 4. The van der Waals surface area contributed by atoms with Crippen molar-refractivity contribution in [1.29, 1.82) is 0 Å². The lowest BCUT2D eigenvalue weighted by atomic mass is 10.1. The molecule has 0 spiro atoms. The second-order valence-electron chi connectivity index (χ2n) is 4.36. The molecule has 6 nitrogen and oxygen atoms in total. The quantitative estimate of drug-likeness (QED) is 0.296. The van der Waals surface area contributed by atoms with E-state index in [0.717, 1.165) is 0 Å². The SMILES string of the molecule is N/C(=N\O)C(NC(=O)c1ccccc1O)c1ccccc1. The Balaban J connectivity index is 2.28. The van der Waals surface area contributed by atoms with Gasteiger partial charge in [0.25, 0.3) is 5.91 Å². The monoisotopic (exact) mass is 285 g/mol. The standard InChI is InChI=1S/C15H15N3O3/c16-14(18-21)13(10-6-2-1-3-7-10)17-15(20)11-8-4-5-9-12(11)19/h1-9,13,19,21H,(H2,16,18)(H,17,20). The van der Waals surface area contributed by atoms with Crippen molar-refractivity contribution in [3.63, 3.8) is 0 Å². The average molecular weight is 285 g/mol. The van der Waals surface area contributed by atoms with Crippen LogP contribution in [0.1, 0.15) is 22.0 Å². The summed E-state index contributed by atoms with van der Waals surface area (Å²) in [5.74, 6) is -0.806. The molecule has 0 saturated carbocycles. The van der Waals surface area contributed by atoms with Gasteiger partial charge in [0.2, 0.25) is 0 Å². The summed E-state index contributed by atoms with van der Waals surface area (Å²) in [7, 11) is 0. The fourth-order valence-corrected chi connectivity index (χ4v) is 1.91. The van der Waals surface area contributed by atoms with Gasteiger partial charge in [-0.3, -0.25) is 4.79 Å². The van der Waals surface area contributed by atoms with Gasteiger partial charge in [-0.05, 0) is 17.7 Å². The van der Waals surface area contributed by atoms with Gasteiger partial charge in [-0.15, -0.1) is 0 Å². The van der Waals surface area contributed by atoms with Gasteiger partial charge in [0.15, 0.2) is 5.84 Å². The Morgan fingerprint density at radius 2 is 1.71 bits per heavy atom. The van der Waals surface area contributed by atoms with Crippen LogP contribution in [0, 0.1) is 0 Å². The van der Waals surface area contributed by atoms with Crippen molar-refractivity contribution >= 4 is 11.7 Å². The lowest BCUT2D eigenvalue weighted by Crippen LogP contribution is -2.37. The molecule has 0 heterocycles. The van der Waals surface area contributed by atoms with Gasteiger partial charge in [-0.25, -0.2) is 0 Å². The number of carbonyl (C=O) groups is 1. The van der Waals surface area contributed by atoms with E-state index in [0.29, 0.717) is 5.56 Å². The number of phenolic OH excluding ortho intramolecular Hbond substituents is 1. The predicted molar refractivity (Wildman–Crippen MR) is 78.2 cm³/mol. The first-order valence-electron chi connectivity index (χ1n) is 6.24. The molecule has 0 bridgehead atoms. The van der Waals surface area contributed by atoms with Crippen molar-refractivity contribution in [2.45, 2.75) is 6.04 Å². The molecule has 0 radical (unpaired) electrons. The van der Waals surface area contributed by atoms with Crippen molar-refractivity contribution in [2.24, 2.45) is 10.9 Å². The number of rotatable bonds is 4. The molecule has 0 fully saturated rings. The van der Waals surface area contributed by atoms with Gasteiger partial charge in [-0.1, -0.05) is 47.6 Å². The molecule has 1 atom stereocenters. The summed E-state index contributed by atoms with van der Waals surface area (Å²) in [5.41, 5.74) is 6.41. The number of phenols is 1. The summed E-state index contributed by atoms with van der Waals surface area (Å²) in [6.07, 6.45) is 0. The van der Waals surface area contributed by atoms with Crippen LogP contribution in [0.2, 0.25) is 0 Å². The van der Waals surface area contributed by atoms with Crippen LogP contribution in [0.25, 0.3) is 0 Å². The minimum atomic E-state index is -0.789. The summed E-state index contributed by atoms with van der Waals surface area (Å²) < 4.78 is 0. The van der Waals surface area contributed by atoms with Gasteiger partial charge in [0.1, 0.15) is 11.8 Å². The lowest BCUT2D eigenvalue weighted by Gasteiger charge is -2.18. The van der Waals surface area contributed by atoms with Crippen LogP contribution in [-0.2, 0) is 0 Å². The maximum absolute atomic E-state index is 12.2. The zero-order valence-corrected chi connectivity index (χ0v) is 11.1. The van der Waals surface area contributed by atoms with Crippen molar-refractivity contribution in [3.05, 3.63) is 65.7 Å². The molecule has 5 N–H and O–H groups in total. The Hall–Kier alpha value is -3.02. The molecule has 0 aromatic heterocycles. The molecule has 2 aromatic rings. The number of amides is 1.